The predicted molar refractivity (Wildman–Crippen MR) is 110 cm³/mol. The molecule has 0 spiro atoms. The number of furan rings is 1. The third-order valence-corrected chi connectivity index (χ3v) is 4.26. The lowest BCUT2D eigenvalue weighted by molar-refractivity contribution is -0.115. The van der Waals surface area contributed by atoms with Crippen LogP contribution in [0.15, 0.2) is 89.5 Å². The van der Waals surface area contributed by atoms with E-state index >= 15 is 0 Å². The third kappa shape index (κ3) is 4.44. The summed E-state index contributed by atoms with van der Waals surface area (Å²) in [5, 5.41) is 6.29. The van der Waals surface area contributed by atoms with Crippen molar-refractivity contribution in [2.45, 2.75) is 0 Å². The van der Waals surface area contributed by atoms with E-state index < -0.39 is 0 Å². The first-order valence-electron chi connectivity index (χ1n) is 9.06. The van der Waals surface area contributed by atoms with Crippen LogP contribution in [0.4, 0.5) is 5.69 Å². The van der Waals surface area contributed by atoms with Gasteiger partial charge in [0, 0.05) is 10.9 Å². The van der Waals surface area contributed by atoms with Crippen LogP contribution >= 0.6 is 0 Å². The Balaban J connectivity index is 1.38. The number of amides is 2. The minimum atomic E-state index is -0.360. The number of benzene rings is 3. The summed E-state index contributed by atoms with van der Waals surface area (Å²) in [6.07, 6.45) is 1.56. The molecule has 4 rings (SSSR count). The van der Waals surface area contributed by atoms with Gasteiger partial charge in [-0.1, -0.05) is 36.4 Å². The summed E-state index contributed by atoms with van der Waals surface area (Å²) in [5.74, 6) is 0.464. The Hall–Kier alpha value is -4.06. The lowest BCUT2D eigenvalue weighted by Gasteiger charge is -2.12. The van der Waals surface area contributed by atoms with Crippen LogP contribution in [-0.2, 0) is 4.79 Å². The summed E-state index contributed by atoms with van der Waals surface area (Å²) in [7, 11) is 0. The van der Waals surface area contributed by atoms with Crippen LogP contribution in [0, 0.1) is 0 Å². The van der Waals surface area contributed by atoms with E-state index in [0.29, 0.717) is 28.3 Å². The van der Waals surface area contributed by atoms with Gasteiger partial charge in [0.25, 0.3) is 5.91 Å². The van der Waals surface area contributed by atoms with E-state index in [4.69, 9.17) is 9.15 Å². The quantitative estimate of drug-likeness (QED) is 0.508. The normalized spacial score (nSPS) is 10.5. The molecule has 1 heterocycles. The molecular formula is C23H18N2O4. The van der Waals surface area contributed by atoms with Gasteiger partial charge in [-0.25, -0.2) is 0 Å². The second kappa shape index (κ2) is 8.31. The lowest BCUT2D eigenvalue weighted by atomic mass is 10.1. The van der Waals surface area contributed by atoms with Gasteiger partial charge >= 0.3 is 0 Å². The molecule has 0 aliphatic heterocycles. The highest BCUT2D eigenvalue weighted by Crippen LogP contribution is 2.28. The Morgan fingerprint density at radius 1 is 0.897 bits per heavy atom. The molecule has 6 heteroatoms. The Labute approximate surface area is 167 Å². The number of carbonyl (C=O) groups excluding carboxylic acids is 2. The van der Waals surface area contributed by atoms with Crippen molar-refractivity contribution < 1.29 is 18.7 Å². The van der Waals surface area contributed by atoms with Gasteiger partial charge in [-0.05, 0) is 42.5 Å². The second-order valence-electron chi connectivity index (χ2n) is 6.32. The molecule has 0 saturated heterocycles. The molecule has 0 fully saturated rings. The van der Waals surface area contributed by atoms with E-state index in [-0.39, 0.29) is 18.4 Å². The minimum Gasteiger partial charge on any atom is -0.464 e. The molecule has 0 radical (unpaired) electrons. The molecule has 6 nitrogen and oxygen atoms in total. The summed E-state index contributed by atoms with van der Waals surface area (Å²) in [6, 6.07) is 23.4. The van der Waals surface area contributed by atoms with Crippen LogP contribution in [0.1, 0.15) is 10.4 Å². The average Bonchev–Trinajstić information content (AvgIpc) is 3.22. The van der Waals surface area contributed by atoms with Crippen LogP contribution in [0.5, 0.6) is 11.5 Å². The first-order valence-corrected chi connectivity index (χ1v) is 9.06. The van der Waals surface area contributed by atoms with Crippen molar-refractivity contribution in [3.63, 3.8) is 0 Å². The largest absolute Gasteiger partial charge is 0.464 e. The topological polar surface area (TPSA) is 80.6 Å². The van der Waals surface area contributed by atoms with Crippen LogP contribution in [0.2, 0.25) is 0 Å². The molecule has 1 aromatic heterocycles. The number of anilines is 1. The van der Waals surface area contributed by atoms with E-state index in [1.165, 1.54) is 0 Å². The van der Waals surface area contributed by atoms with Crippen molar-refractivity contribution in [3.8, 4) is 11.5 Å². The SMILES string of the molecule is O=C(CNC(=O)c1ccc2ccoc2c1)Nc1ccccc1Oc1ccccc1. The van der Waals surface area contributed by atoms with Crippen molar-refractivity contribution in [1.82, 2.24) is 5.32 Å². The highest BCUT2D eigenvalue weighted by Gasteiger charge is 2.12. The Kier molecular flexibility index (Phi) is 5.25. The maximum atomic E-state index is 12.3. The molecule has 3 aromatic carbocycles. The molecule has 0 atom stereocenters. The van der Waals surface area contributed by atoms with E-state index in [9.17, 15) is 9.59 Å². The van der Waals surface area contributed by atoms with E-state index in [1.54, 1.807) is 42.7 Å². The summed E-state index contributed by atoms with van der Waals surface area (Å²) in [5.41, 5.74) is 1.56. The van der Waals surface area contributed by atoms with Gasteiger partial charge in [-0.2, -0.15) is 0 Å². The molecule has 0 unspecified atom stereocenters. The molecule has 4 aromatic rings. The lowest BCUT2D eigenvalue weighted by Crippen LogP contribution is -2.32. The molecule has 144 valence electrons. The van der Waals surface area contributed by atoms with Crippen molar-refractivity contribution in [2.24, 2.45) is 0 Å². The van der Waals surface area contributed by atoms with Crippen molar-refractivity contribution in [1.29, 1.82) is 0 Å². The van der Waals surface area contributed by atoms with Crippen LogP contribution in [0.25, 0.3) is 11.0 Å². The Morgan fingerprint density at radius 2 is 1.69 bits per heavy atom. The van der Waals surface area contributed by atoms with E-state index in [1.807, 2.05) is 42.5 Å². The molecule has 0 saturated carbocycles. The zero-order valence-electron chi connectivity index (χ0n) is 15.4. The maximum Gasteiger partial charge on any atom is 0.251 e. The van der Waals surface area contributed by atoms with E-state index in [2.05, 4.69) is 10.6 Å². The fourth-order valence-electron chi connectivity index (χ4n) is 2.83. The Morgan fingerprint density at radius 3 is 2.55 bits per heavy atom. The van der Waals surface area contributed by atoms with Crippen LogP contribution in [0.3, 0.4) is 0 Å². The minimum absolute atomic E-state index is 0.172. The van der Waals surface area contributed by atoms with Crippen molar-refractivity contribution in [3.05, 3.63) is 90.7 Å². The number of fused-ring (bicyclic) bond motifs is 1. The fraction of sp³-hybridized carbons (Fsp3) is 0.0435. The molecular weight excluding hydrogens is 368 g/mol. The summed E-state index contributed by atoms with van der Waals surface area (Å²) >= 11 is 0. The number of carbonyl (C=O) groups is 2. The van der Waals surface area contributed by atoms with Gasteiger partial charge in [-0.15, -0.1) is 0 Å². The zero-order chi connectivity index (χ0) is 20.1. The second-order valence-corrected chi connectivity index (χ2v) is 6.32. The molecule has 29 heavy (non-hydrogen) atoms. The first kappa shape index (κ1) is 18.3. The summed E-state index contributed by atoms with van der Waals surface area (Å²) in [6.45, 7) is -0.172. The average molecular weight is 386 g/mol. The molecule has 0 aliphatic carbocycles. The van der Waals surface area contributed by atoms with E-state index in [0.717, 1.165) is 5.39 Å². The van der Waals surface area contributed by atoms with Crippen LogP contribution < -0.4 is 15.4 Å². The maximum absolute atomic E-state index is 12.3. The smallest absolute Gasteiger partial charge is 0.251 e. The third-order valence-electron chi connectivity index (χ3n) is 4.26. The molecule has 0 bridgehead atoms. The molecule has 0 aliphatic rings. The van der Waals surface area contributed by atoms with Crippen molar-refractivity contribution in [2.75, 3.05) is 11.9 Å². The Bertz CT molecular complexity index is 1150. The van der Waals surface area contributed by atoms with Gasteiger partial charge in [0.15, 0.2) is 5.75 Å². The van der Waals surface area contributed by atoms with Gasteiger partial charge in [0.1, 0.15) is 11.3 Å². The fourth-order valence-corrected chi connectivity index (χ4v) is 2.83. The van der Waals surface area contributed by atoms with Crippen molar-refractivity contribution >= 4 is 28.5 Å². The number of nitrogens with one attached hydrogen (secondary N) is 2. The number of rotatable bonds is 6. The first-order chi connectivity index (χ1) is 14.2. The van der Waals surface area contributed by atoms with Gasteiger partial charge in [-0.3, -0.25) is 9.59 Å². The van der Waals surface area contributed by atoms with Gasteiger partial charge in [0.05, 0.1) is 18.5 Å². The number of hydrogen-bond acceptors (Lipinski definition) is 4. The molecule has 2 N–H and O–H groups in total. The van der Waals surface area contributed by atoms with Gasteiger partial charge in [0.2, 0.25) is 5.91 Å². The standard InChI is InChI=1S/C23H18N2O4/c26-22(15-24-23(27)17-11-10-16-12-13-28-21(16)14-17)25-19-8-4-5-9-20(19)29-18-6-2-1-3-7-18/h1-14H,15H2,(H,24,27)(H,25,26). The van der Waals surface area contributed by atoms with Gasteiger partial charge < -0.3 is 19.8 Å². The summed E-state index contributed by atoms with van der Waals surface area (Å²) in [4.78, 5) is 24.6. The highest BCUT2D eigenvalue weighted by atomic mass is 16.5. The number of hydrogen-bond donors (Lipinski definition) is 2. The number of ether oxygens (including phenoxy) is 1. The predicted octanol–water partition coefficient (Wildman–Crippen LogP) is 4.59. The zero-order valence-corrected chi connectivity index (χ0v) is 15.4. The van der Waals surface area contributed by atoms with Crippen LogP contribution in [-0.4, -0.2) is 18.4 Å². The molecule has 2 amide bonds. The highest BCUT2D eigenvalue weighted by molar-refractivity contribution is 6.01. The number of para-hydroxylation sites is 3. The monoisotopic (exact) mass is 386 g/mol. The summed E-state index contributed by atoms with van der Waals surface area (Å²) < 4.78 is 11.1.